The predicted octanol–water partition coefficient (Wildman–Crippen LogP) is 9.13. The van der Waals surface area contributed by atoms with Crippen LogP contribution in [0.4, 0.5) is 0 Å². The van der Waals surface area contributed by atoms with Gasteiger partial charge in [-0.2, -0.15) is 0 Å². The average molecular weight is 715 g/mol. The molecule has 2 fully saturated rings. The molecule has 1 saturated heterocycles. The van der Waals surface area contributed by atoms with Crippen LogP contribution >= 0.6 is 0 Å². The van der Waals surface area contributed by atoms with Crippen molar-refractivity contribution in [3.05, 3.63) is 89.5 Å². The maximum atomic E-state index is 12.9. The quantitative estimate of drug-likeness (QED) is 0.0725. The zero-order chi connectivity index (χ0) is 36.9. The highest BCUT2D eigenvalue weighted by Gasteiger charge is 2.37. The Balaban J connectivity index is 0.988. The molecule has 1 aliphatic carbocycles. The number of hydrogen-bond donors (Lipinski definition) is 0. The van der Waals surface area contributed by atoms with Gasteiger partial charge in [0.15, 0.2) is 0 Å². The Morgan fingerprint density at radius 3 is 1.75 bits per heavy atom. The first kappa shape index (κ1) is 39.0. The highest BCUT2D eigenvalue weighted by molar-refractivity contribution is 5.94. The van der Waals surface area contributed by atoms with Gasteiger partial charge in [0.25, 0.3) is 0 Å². The number of rotatable bonds is 18. The largest absolute Gasteiger partial charge is 0.494 e. The molecule has 3 unspecified atom stereocenters. The first-order valence-corrected chi connectivity index (χ1v) is 18.9. The molecule has 5 rings (SSSR count). The molecular weight excluding hydrogens is 660 g/mol. The minimum atomic E-state index is -0.571. The van der Waals surface area contributed by atoms with E-state index in [2.05, 4.69) is 27.7 Å². The maximum absolute atomic E-state index is 12.9. The second-order valence-electron chi connectivity index (χ2n) is 14.8. The van der Waals surface area contributed by atoms with Crippen LogP contribution in [0.3, 0.4) is 0 Å². The van der Waals surface area contributed by atoms with Crippen molar-refractivity contribution in [1.29, 1.82) is 0 Å². The first-order valence-electron chi connectivity index (χ1n) is 18.9. The van der Waals surface area contributed by atoms with Crippen LogP contribution in [0.15, 0.2) is 72.8 Å². The van der Waals surface area contributed by atoms with Gasteiger partial charge in [0, 0.05) is 12.0 Å². The van der Waals surface area contributed by atoms with Crippen molar-refractivity contribution in [3.8, 4) is 17.2 Å². The topological polar surface area (TPSA) is 107 Å². The highest BCUT2D eigenvalue weighted by Crippen LogP contribution is 2.36. The van der Waals surface area contributed by atoms with Gasteiger partial charge in [-0.25, -0.2) is 14.4 Å². The van der Waals surface area contributed by atoms with Crippen molar-refractivity contribution in [2.45, 2.75) is 85.2 Å². The Bertz CT molecular complexity index is 1570. The fourth-order valence-electron chi connectivity index (χ4n) is 6.71. The standard InChI is InChI=1S/C43H54O9/c1-5-43(28-48-29-43)27-47-24-8-6-7-9-25-49-35-17-15-34(16-18-35)41(45)51-37-21-19-36(20-22-37)50-40(44)32-11-13-33(14-12-32)42(46)52-39-26-31(4)10-23-38(39)30(2)3/h11-22,30-31,38-39H,5-10,23-29H2,1-4H3. The van der Waals surface area contributed by atoms with Crippen molar-refractivity contribution in [3.63, 3.8) is 0 Å². The van der Waals surface area contributed by atoms with Gasteiger partial charge in [0.05, 0.1) is 43.1 Å². The molecule has 0 bridgehead atoms. The molecule has 0 aromatic heterocycles. The lowest BCUT2D eigenvalue weighted by atomic mass is 9.75. The molecule has 0 N–H and O–H groups in total. The van der Waals surface area contributed by atoms with Crippen LogP contribution in [0.5, 0.6) is 17.2 Å². The van der Waals surface area contributed by atoms with Gasteiger partial charge < -0.3 is 28.4 Å². The van der Waals surface area contributed by atoms with Gasteiger partial charge in [-0.3, -0.25) is 0 Å². The lowest BCUT2D eigenvalue weighted by molar-refractivity contribution is -0.150. The van der Waals surface area contributed by atoms with Crippen molar-refractivity contribution in [2.75, 3.05) is 33.0 Å². The fraction of sp³-hybridized carbons (Fsp3) is 0.512. The van der Waals surface area contributed by atoms with Crippen LogP contribution in [0.1, 0.15) is 110 Å². The van der Waals surface area contributed by atoms with E-state index in [1.807, 2.05) is 0 Å². The number of carbonyl (C=O) groups is 3. The summed E-state index contributed by atoms with van der Waals surface area (Å²) in [6.45, 7) is 12.6. The summed E-state index contributed by atoms with van der Waals surface area (Å²) in [4.78, 5) is 38.4. The Morgan fingerprint density at radius 2 is 1.23 bits per heavy atom. The number of unbranched alkanes of at least 4 members (excludes halogenated alkanes) is 3. The highest BCUT2D eigenvalue weighted by atomic mass is 16.6. The molecule has 0 amide bonds. The molecular formula is C43H54O9. The fourth-order valence-corrected chi connectivity index (χ4v) is 6.71. The molecule has 1 aliphatic heterocycles. The Morgan fingerprint density at radius 1 is 0.712 bits per heavy atom. The maximum Gasteiger partial charge on any atom is 0.343 e. The summed E-state index contributed by atoms with van der Waals surface area (Å²) >= 11 is 0. The minimum absolute atomic E-state index is 0.100. The number of benzene rings is 3. The van der Waals surface area contributed by atoms with Crippen molar-refractivity contribution in [2.24, 2.45) is 23.2 Å². The van der Waals surface area contributed by atoms with Crippen LogP contribution in [0, 0.1) is 23.2 Å². The number of carbonyl (C=O) groups excluding carboxylic acids is 3. The van der Waals surface area contributed by atoms with E-state index in [1.165, 1.54) is 0 Å². The Labute approximate surface area is 308 Å². The third-order valence-electron chi connectivity index (χ3n) is 10.3. The molecule has 9 heteroatoms. The van der Waals surface area contributed by atoms with Gasteiger partial charge in [-0.15, -0.1) is 0 Å². The molecule has 52 heavy (non-hydrogen) atoms. The van der Waals surface area contributed by atoms with Crippen LogP contribution in [-0.4, -0.2) is 57.0 Å². The molecule has 0 radical (unpaired) electrons. The predicted molar refractivity (Wildman–Crippen MR) is 198 cm³/mol. The van der Waals surface area contributed by atoms with E-state index in [-0.39, 0.29) is 17.5 Å². The van der Waals surface area contributed by atoms with Gasteiger partial charge in [0.1, 0.15) is 23.4 Å². The van der Waals surface area contributed by atoms with Gasteiger partial charge in [-0.05, 0) is 129 Å². The van der Waals surface area contributed by atoms with E-state index in [0.717, 1.165) is 77.8 Å². The minimum Gasteiger partial charge on any atom is -0.494 e. The van der Waals surface area contributed by atoms with Crippen molar-refractivity contribution < 1.29 is 42.8 Å². The molecule has 2 aliphatic rings. The van der Waals surface area contributed by atoms with Gasteiger partial charge in [-0.1, -0.05) is 40.5 Å². The number of ether oxygens (including phenoxy) is 6. The van der Waals surface area contributed by atoms with E-state index in [1.54, 1.807) is 72.8 Å². The van der Waals surface area contributed by atoms with Crippen molar-refractivity contribution >= 4 is 17.9 Å². The zero-order valence-electron chi connectivity index (χ0n) is 31.1. The third kappa shape index (κ3) is 11.1. The SMILES string of the molecule is CCC1(COCCCCCCOc2ccc(C(=O)Oc3ccc(OC(=O)c4ccc(C(=O)OC5CC(C)CCC5C(C)C)cc4)cc3)cc2)COC1. The lowest BCUT2D eigenvalue weighted by Crippen LogP contribution is -2.45. The van der Waals surface area contributed by atoms with E-state index in [0.29, 0.717) is 58.3 Å². The van der Waals surface area contributed by atoms with Gasteiger partial charge in [0.2, 0.25) is 0 Å². The molecule has 280 valence electrons. The number of esters is 3. The Hall–Kier alpha value is -4.21. The monoisotopic (exact) mass is 714 g/mol. The van der Waals surface area contributed by atoms with Crippen LogP contribution in [0.2, 0.25) is 0 Å². The second-order valence-corrected chi connectivity index (χ2v) is 14.8. The summed E-state index contributed by atoms with van der Waals surface area (Å²) in [6.07, 6.45) is 8.23. The van der Waals surface area contributed by atoms with Crippen LogP contribution in [0.25, 0.3) is 0 Å². The van der Waals surface area contributed by atoms with Crippen molar-refractivity contribution in [1.82, 2.24) is 0 Å². The van der Waals surface area contributed by atoms with Crippen LogP contribution in [-0.2, 0) is 14.2 Å². The van der Waals surface area contributed by atoms with E-state index < -0.39 is 11.9 Å². The molecule has 0 spiro atoms. The van der Waals surface area contributed by atoms with E-state index in [4.69, 9.17) is 28.4 Å². The van der Waals surface area contributed by atoms with Crippen LogP contribution < -0.4 is 14.2 Å². The van der Waals surface area contributed by atoms with E-state index in [9.17, 15) is 14.4 Å². The zero-order valence-corrected chi connectivity index (χ0v) is 31.1. The normalized spacial score (nSPS) is 19.4. The second kappa shape index (κ2) is 19.0. The summed E-state index contributed by atoms with van der Waals surface area (Å²) in [7, 11) is 0. The molecule has 9 nitrogen and oxygen atoms in total. The van der Waals surface area contributed by atoms with Gasteiger partial charge >= 0.3 is 17.9 Å². The first-order chi connectivity index (χ1) is 25.1. The summed E-state index contributed by atoms with van der Waals surface area (Å²) in [5, 5.41) is 0. The molecule has 3 aromatic rings. The summed E-state index contributed by atoms with van der Waals surface area (Å²) in [6, 6.07) is 19.4. The molecule has 1 heterocycles. The third-order valence-corrected chi connectivity index (χ3v) is 10.3. The van der Waals surface area contributed by atoms with E-state index >= 15 is 0 Å². The molecule has 3 aromatic carbocycles. The summed E-state index contributed by atoms with van der Waals surface area (Å²) in [5.41, 5.74) is 1.33. The number of hydrogen-bond acceptors (Lipinski definition) is 9. The summed E-state index contributed by atoms with van der Waals surface area (Å²) < 4.78 is 34.0. The molecule has 1 saturated carbocycles. The summed E-state index contributed by atoms with van der Waals surface area (Å²) in [5.74, 6) is 1.16. The Kier molecular flexibility index (Phi) is 14.3. The molecule has 3 atom stereocenters. The lowest BCUT2D eigenvalue weighted by Gasteiger charge is -2.40. The average Bonchev–Trinajstić information content (AvgIpc) is 3.13. The smallest absolute Gasteiger partial charge is 0.343 e.